The lowest BCUT2D eigenvalue weighted by atomic mass is 9.98. The van der Waals surface area contributed by atoms with Crippen molar-refractivity contribution < 1.29 is 10.0 Å². The van der Waals surface area contributed by atoms with E-state index in [1.165, 1.54) is 10.9 Å². The Morgan fingerprint density at radius 2 is 2.22 bits per heavy atom. The first-order valence-corrected chi connectivity index (χ1v) is 6.04. The molecular formula is C11H18N4O3. The fraction of sp³-hybridized carbons (Fsp3) is 0.727. The fourth-order valence-electron chi connectivity index (χ4n) is 2.39. The molecule has 1 N–H and O–H groups in total. The molecule has 1 aliphatic rings. The summed E-state index contributed by atoms with van der Waals surface area (Å²) in [6, 6.07) is 0. The summed E-state index contributed by atoms with van der Waals surface area (Å²) >= 11 is 0. The van der Waals surface area contributed by atoms with E-state index in [0.717, 1.165) is 12.8 Å². The number of nitro groups is 1. The molecule has 1 fully saturated rings. The Morgan fingerprint density at radius 3 is 2.89 bits per heavy atom. The van der Waals surface area contributed by atoms with Crippen LogP contribution in [0.25, 0.3) is 0 Å². The molecule has 0 saturated carbocycles. The predicted molar refractivity (Wildman–Crippen MR) is 66.6 cm³/mol. The standard InChI is InChI=1S/C11H18N4O3/c1-11(16)4-3-6-14(7-5-11)10-9(15(17)18)8-12-13(10)2/h8,16H,3-7H2,1-2H3/t11-/m1/s1. The number of aryl methyl sites for hydroxylation is 1. The zero-order chi connectivity index (χ0) is 13.3. The summed E-state index contributed by atoms with van der Waals surface area (Å²) in [6.45, 7) is 3.12. The van der Waals surface area contributed by atoms with E-state index in [0.29, 0.717) is 25.3 Å². The van der Waals surface area contributed by atoms with Crippen molar-refractivity contribution in [2.24, 2.45) is 7.05 Å². The van der Waals surface area contributed by atoms with Gasteiger partial charge >= 0.3 is 5.69 Å². The number of hydrogen-bond donors (Lipinski definition) is 1. The highest BCUT2D eigenvalue weighted by molar-refractivity contribution is 5.57. The molecule has 1 aromatic heterocycles. The monoisotopic (exact) mass is 254 g/mol. The molecule has 0 amide bonds. The summed E-state index contributed by atoms with van der Waals surface area (Å²) in [5.74, 6) is 0.526. The van der Waals surface area contributed by atoms with Crippen LogP contribution in [0.1, 0.15) is 26.2 Å². The van der Waals surface area contributed by atoms with Crippen LogP contribution in [0.15, 0.2) is 6.20 Å². The molecular weight excluding hydrogens is 236 g/mol. The molecule has 18 heavy (non-hydrogen) atoms. The van der Waals surface area contributed by atoms with Gasteiger partial charge in [0.25, 0.3) is 0 Å². The van der Waals surface area contributed by atoms with Gasteiger partial charge in [-0.2, -0.15) is 5.10 Å². The van der Waals surface area contributed by atoms with Gasteiger partial charge in [-0.15, -0.1) is 0 Å². The maximum atomic E-state index is 11.0. The third-order valence-corrected chi connectivity index (χ3v) is 3.45. The first-order chi connectivity index (χ1) is 8.41. The average molecular weight is 254 g/mol. The van der Waals surface area contributed by atoms with Crippen molar-refractivity contribution in [1.29, 1.82) is 0 Å². The zero-order valence-corrected chi connectivity index (χ0v) is 10.7. The maximum absolute atomic E-state index is 11.0. The minimum absolute atomic E-state index is 0.0269. The van der Waals surface area contributed by atoms with Gasteiger partial charge in [-0.25, -0.2) is 4.68 Å². The van der Waals surface area contributed by atoms with Gasteiger partial charge in [-0.1, -0.05) is 0 Å². The summed E-state index contributed by atoms with van der Waals surface area (Å²) in [6.07, 6.45) is 3.41. The van der Waals surface area contributed by atoms with Gasteiger partial charge in [0.2, 0.25) is 5.82 Å². The Hall–Kier alpha value is -1.63. The second-order valence-corrected chi connectivity index (χ2v) is 5.07. The number of anilines is 1. The molecule has 0 unspecified atom stereocenters. The molecule has 100 valence electrons. The SMILES string of the molecule is Cn1ncc([N+](=O)[O-])c1N1CCC[C@@](C)(O)CC1. The number of hydrogen-bond acceptors (Lipinski definition) is 5. The van der Waals surface area contributed by atoms with E-state index in [1.807, 2.05) is 11.8 Å². The third-order valence-electron chi connectivity index (χ3n) is 3.45. The smallest absolute Gasteiger partial charge is 0.331 e. The maximum Gasteiger partial charge on any atom is 0.331 e. The predicted octanol–water partition coefficient (Wildman–Crippen LogP) is 1.07. The van der Waals surface area contributed by atoms with Gasteiger partial charge in [0.15, 0.2) is 0 Å². The fourth-order valence-corrected chi connectivity index (χ4v) is 2.39. The van der Waals surface area contributed by atoms with E-state index < -0.39 is 10.5 Å². The van der Waals surface area contributed by atoms with Crippen LogP contribution in [0.3, 0.4) is 0 Å². The van der Waals surface area contributed by atoms with Crippen molar-refractivity contribution in [2.45, 2.75) is 31.8 Å². The van der Waals surface area contributed by atoms with Crippen molar-refractivity contribution >= 4 is 11.5 Å². The highest BCUT2D eigenvalue weighted by Crippen LogP contribution is 2.31. The number of nitrogens with zero attached hydrogens (tertiary/aromatic N) is 4. The quantitative estimate of drug-likeness (QED) is 0.630. The van der Waals surface area contributed by atoms with E-state index in [-0.39, 0.29) is 5.69 Å². The summed E-state index contributed by atoms with van der Waals surface area (Å²) in [5.41, 5.74) is -0.652. The largest absolute Gasteiger partial charge is 0.390 e. The Morgan fingerprint density at radius 1 is 1.50 bits per heavy atom. The van der Waals surface area contributed by atoms with Crippen molar-refractivity contribution in [3.8, 4) is 0 Å². The van der Waals surface area contributed by atoms with Crippen LogP contribution < -0.4 is 4.90 Å². The zero-order valence-electron chi connectivity index (χ0n) is 10.7. The van der Waals surface area contributed by atoms with Gasteiger partial charge in [0.05, 0.1) is 10.5 Å². The van der Waals surface area contributed by atoms with E-state index in [1.54, 1.807) is 7.05 Å². The molecule has 0 bridgehead atoms. The average Bonchev–Trinajstić information content (AvgIpc) is 2.56. The number of rotatable bonds is 2. The topological polar surface area (TPSA) is 84.4 Å². The molecule has 0 spiro atoms. The Labute approximate surface area is 105 Å². The summed E-state index contributed by atoms with van der Waals surface area (Å²) < 4.78 is 1.53. The minimum Gasteiger partial charge on any atom is -0.390 e. The van der Waals surface area contributed by atoms with Gasteiger partial charge in [-0.3, -0.25) is 10.1 Å². The van der Waals surface area contributed by atoms with Crippen LogP contribution in [0, 0.1) is 10.1 Å². The van der Waals surface area contributed by atoms with Gasteiger partial charge in [0, 0.05) is 20.1 Å². The lowest BCUT2D eigenvalue weighted by Gasteiger charge is -2.23. The first kappa shape index (κ1) is 12.8. The molecule has 0 aliphatic carbocycles. The minimum atomic E-state index is -0.678. The highest BCUT2D eigenvalue weighted by atomic mass is 16.6. The van der Waals surface area contributed by atoms with Gasteiger partial charge < -0.3 is 10.0 Å². The summed E-state index contributed by atoms with van der Waals surface area (Å²) in [5, 5.41) is 25.0. The normalized spacial score (nSPS) is 24.9. The number of aromatic nitrogens is 2. The molecule has 1 aliphatic heterocycles. The Kier molecular flexibility index (Phi) is 3.25. The molecule has 1 atom stereocenters. The van der Waals surface area contributed by atoms with E-state index in [4.69, 9.17) is 0 Å². The van der Waals surface area contributed by atoms with Crippen molar-refractivity contribution in [1.82, 2.24) is 9.78 Å². The molecule has 7 nitrogen and oxygen atoms in total. The molecule has 1 aromatic rings. The first-order valence-electron chi connectivity index (χ1n) is 6.04. The van der Waals surface area contributed by atoms with Crippen molar-refractivity contribution in [3.63, 3.8) is 0 Å². The lowest BCUT2D eigenvalue weighted by Crippen LogP contribution is -2.29. The van der Waals surface area contributed by atoms with Crippen molar-refractivity contribution in [3.05, 3.63) is 16.3 Å². The third kappa shape index (κ3) is 2.45. The Balaban J connectivity index is 2.26. The Bertz CT molecular complexity index is 455. The lowest BCUT2D eigenvalue weighted by molar-refractivity contribution is -0.384. The molecule has 2 rings (SSSR count). The molecule has 2 heterocycles. The van der Waals surface area contributed by atoms with Crippen LogP contribution in [0.5, 0.6) is 0 Å². The van der Waals surface area contributed by atoms with Crippen molar-refractivity contribution in [2.75, 3.05) is 18.0 Å². The van der Waals surface area contributed by atoms with Gasteiger partial charge in [-0.05, 0) is 26.2 Å². The van der Waals surface area contributed by atoms with Crippen LogP contribution in [-0.2, 0) is 7.05 Å². The van der Waals surface area contributed by atoms with Gasteiger partial charge in [0.1, 0.15) is 6.20 Å². The molecule has 7 heteroatoms. The second kappa shape index (κ2) is 4.56. The number of aliphatic hydroxyl groups is 1. The van der Waals surface area contributed by atoms with E-state index in [9.17, 15) is 15.2 Å². The summed E-state index contributed by atoms with van der Waals surface area (Å²) in [4.78, 5) is 12.5. The van der Waals surface area contributed by atoms with E-state index >= 15 is 0 Å². The van der Waals surface area contributed by atoms with Crippen LogP contribution >= 0.6 is 0 Å². The van der Waals surface area contributed by atoms with Crippen LogP contribution in [-0.4, -0.2) is 38.5 Å². The van der Waals surface area contributed by atoms with Crippen LogP contribution in [0.2, 0.25) is 0 Å². The molecule has 0 radical (unpaired) electrons. The van der Waals surface area contributed by atoms with Crippen LogP contribution in [0.4, 0.5) is 11.5 Å². The second-order valence-electron chi connectivity index (χ2n) is 5.07. The molecule has 0 aromatic carbocycles. The summed E-state index contributed by atoms with van der Waals surface area (Å²) in [7, 11) is 1.70. The molecule has 1 saturated heterocycles. The highest BCUT2D eigenvalue weighted by Gasteiger charge is 2.30. The van der Waals surface area contributed by atoms with E-state index in [2.05, 4.69) is 5.10 Å².